The number of ether oxygens (including phenoxy) is 1. The molecule has 0 atom stereocenters. The van der Waals surface area contributed by atoms with Gasteiger partial charge in [-0.25, -0.2) is 0 Å². The highest BCUT2D eigenvalue weighted by Crippen LogP contribution is 2.28. The van der Waals surface area contributed by atoms with Crippen molar-refractivity contribution in [2.45, 2.75) is 6.61 Å². The van der Waals surface area contributed by atoms with E-state index in [1.807, 2.05) is 0 Å². The molecule has 0 amide bonds. The highest BCUT2D eigenvalue weighted by molar-refractivity contribution is 7.80. The maximum Gasteiger partial charge on any atom is 0.131 e. The lowest BCUT2D eigenvalue weighted by atomic mass is 10.2. The van der Waals surface area contributed by atoms with Gasteiger partial charge in [-0.2, -0.15) is 0 Å². The Kier molecular flexibility index (Phi) is 5.11. The van der Waals surface area contributed by atoms with Crippen molar-refractivity contribution in [2.24, 2.45) is 5.73 Å². The zero-order valence-corrected chi connectivity index (χ0v) is 13.3. The summed E-state index contributed by atoms with van der Waals surface area (Å²) >= 11 is 23.0. The van der Waals surface area contributed by atoms with Crippen LogP contribution in [0.2, 0.25) is 15.1 Å². The van der Waals surface area contributed by atoms with E-state index in [0.717, 1.165) is 5.56 Å². The molecule has 0 unspecified atom stereocenters. The molecule has 0 radical (unpaired) electrons. The number of hydrogen-bond donors (Lipinski definition) is 1. The lowest BCUT2D eigenvalue weighted by Crippen LogP contribution is -2.12. The largest absolute Gasteiger partial charge is 0.488 e. The number of nitrogens with two attached hydrogens (primary N) is 1. The smallest absolute Gasteiger partial charge is 0.131 e. The molecule has 0 aromatic heterocycles. The summed E-state index contributed by atoms with van der Waals surface area (Å²) in [7, 11) is 0. The summed E-state index contributed by atoms with van der Waals surface area (Å²) in [5.41, 5.74) is 6.99. The monoisotopic (exact) mass is 345 g/mol. The van der Waals surface area contributed by atoms with Crippen molar-refractivity contribution >= 4 is 52.0 Å². The molecule has 2 rings (SSSR count). The second-order valence-corrected chi connectivity index (χ2v) is 5.69. The van der Waals surface area contributed by atoms with Crippen molar-refractivity contribution in [2.75, 3.05) is 0 Å². The molecule has 6 heteroatoms. The van der Waals surface area contributed by atoms with E-state index in [0.29, 0.717) is 26.4 Å². The average Bonchev–Trinajstić information content (AvgIpc) is 2.37. The number of rotatable bonds is 4. The van der Waals surface area contributed by atoms with Gasteiger partial charge in [-0.05, 0) is 24.3 Å². The number of benzene rings is 2. The van der Waals surface area contributed by atoms with Crippen LogP contribution in [0.4, 0.5) is 0 Å². The van der Waals surface area contributed by atoms with Crippen LogP contribution in [0.25, 0.3) is 0 Å². The molecule has 0 saturated carbocycles. The minimum absolute atomic E-state index is 0.188. The van der Waals surface area contributed by atoms with E-state index >= 15 is 0 Å². The summed E-state index contributed by atoms with van der Waals surface area (Å²) in [5.74, 6) is 0.524. The zero-order valence-electron chi connectivity index (χ0n) is 10.2. The van der Waals surface area contributed by atoms with Crippen LogP contribution in [0.1, 0.15) is 11.1 Å². The van der Waals surface area contributed by atoms with E-state index in [-0.39, 0.29) is 11.6 Å². The molecule has 0 aliphatic heterocycles. The van der Waals surface area contributed by atoms with E-state index in [9.17, 15) is 0 Å². The third kappa shape index (κ3) is 3.55. The third-order valence-electron chi connectivity index (χ3n) is 2.62. The predicted octanol–water partition coefficient (Wildman–Crippen LogP) is 4.86. The Morgan fingerprint density at radius 3 is 2.50 bits per heavy atom. The Labute approximate surface area is 137 Å². The normalized spacial score (nSPS) is 10.3. The first-order chi connectivity index (χ1) is 9.49. The molecule has 2 N–H and O–H groups in total. The van der Waals surface area contributed by atoms with Crippen LogP contribution in [-0.4, -0.2) is 4.99 Å². The molecule has 0 fully saturated rings. The summed E-state index contributed by atoms with van der Waals surface area (Å²) in [6.07, 6.45) is 0. The van der Waals surface area contributed by atoms with E-state index in [4.69, 9.17) is 57.5 Å². The van der Waals surface area contributed by atoms with Gasteiger partial charge in [-0.1, -0.05) is 59.2 Å². The van der Waals surface area contributed by atoms with Crippen molar-refractivity contribution in [1.29, 1.82) is 0 Å². The average molecular weight is 347 g/mol. The maximum atomic E-state index is 6.09. The molecular weight excluding hydrogens is 337 g/mol. The Morgan fingerprint density at radius 2 is 1.85 bits per heavy atom. The van der Waals surface area contributed by atoms with E-state index in [2.05, 4.69) is 0 Å². The topological polar surface area (TPSA) is 35.2 Å². The minimum atomic E-state index is 0.188. The van der Waals surface area contributed by atoms with Crippen molar-refractivity contribution in [1.82, 2.24) is 0 Å². The first kappa shape index (κ1) is 15.4. The predicted molar refractivity (Wildman–Crippen MR) is 88.1 cm³/mol. The summed E-state index contributed by atoms with van der Waals surface area (Å²) < 4.78 is 5.71. The third-order valence-corrected chi connectivity index (χ3v) is 3.73. The van der Waals surface area contributed by atoms with Crippen LogP contribution < -0.4 is 10.5 Å². The second kappa shape index (κ2) is 6.64. The molecular formula is C14H10Cl3NOS. The molecule has 0 heterocycles. The minimum Gasteiger partial charge on any atom is -0.488 e. The zero-order chi connectivity index (χ0) is 14.7. The highest BCUT2D eigenvalue weighted by Gasteiger charge is 2.11. The van der Waals surface area contributed by atoms with Gasteiger partial charge in [0.25, 0.3) is 0 Å². The van der Waals surface area contributed by atoms with Crippen LogP contribution in [0.5, 0.6) is 5.75 Å². The van der Waals surface area contributed by atoms with Crippen LogP contribution in [-0.2, 0) is 6.61 Å². The molecule has 2 aromatic carbocycles. The first-order valence-corrected chi connectivity index (χ1v) is 7.18. The number of thiocarbonyl (C=S) groups is 1. The molecule has 0 aliphatic rings. The van der Waals surface area contributed by atoms with Crippen molar-refractivity contribution in [3.63, 3.8) is 0 Å². The van der Waals surface area contributed by atoms with Crippen molar-refractivity contribution in [3.05, 3.63) is 62.6 Å². The van der Waals surface area contributed by atoms with Crippen LogP contribution in [0.3, 0.4) is 0 Å². The Bertz CT molecular complexity index is 661. The Hall–Kier alpha value is -1.000. The second-order valence-electron chi connectivity index (χ2n) is 4.00. The lowest BCUT2D eigenvalue weighted by molar-refractivity contribution is 0.306. The molecule has 2 aromatic rings. The van der Waals surface area contributed by atoms with Crippen molar-refractivity contribution < 1.29 is 4.74 Å². The van der Waals surface area contributed by atoms with Gasteiger partial charge in [0.2, 0.25) is 0 Å². The van der Waals surface area contributed by atoms with Gasteiger partial charge in [0, 0.05) is 15.6 Å². The van der Waals surface area contributed by atoms with Gasteiger partial charge in [0.1, 0.15) is 17.3 Å². The van der Waals surface area contributed by atoms with Crippen molar-refractivity contribution in [3.8, 4) is 5.75 Å². The fraction of sp³-hybridized carbons (Fsp3) is 0.0714. The lowest BCUT2D eigenvalue weighted by Gasteiger charge is -2.12. The van der Waals surface area contributed by atoms with Gasteiger partial charge in [-0.3, -0.25) is 0 Å². The van der Waals surface area contributed by atoms with Gasteiger partial charge < -0.3 is 10.5 Å². The summed E-state index contributed by atoms with van der Waals surface area (Å²) in [6, 6.07) is 10.4. The van der Waals surface area contributed by atoms with Crippen LogP contribution in [0, 0.1) is 0 Å². The fourth-order valence-electron chi connectivity index (χ4n) is 1.66. The van der Waals surface area contributed by atoms with Gasteiger partial charge in [-0.15, -0.1) is 0 Å². The molecule has 0 spiro atoms. The summed E-state index contributed by atoms with van der Waals surface area (Å²) in [4.78, 5) is 0.188. The summed E-state index contributed by atoms with van der Waals surface area (Å²) in [5, 5.41) is 1.57. The summed E-state index contributed by atoms with van der Waals surface area (Å²) in [6.45, 7) is 0.270. The first-order valence-electron chi connectivity index (χ1n) is 5.64. The van der Waals surface area contributed by atoms with Gasteiger partial charge in [0.15, 0.2) is 0 Å². The van der Waals surface area contributed by atoms with E-state index in [1.165, 1.54) is 0 Å². The highest BCUT2D eigenvalue weighted by atomic mass is 35.5. The quantitative estimate of drug-likeness (QED) is 0.803. The Balaban J connectivity index is 2.23. The van der Waals surface area contributed by atoms with Gasteiger partial charge >= 0.3 is 0 Å². The SMILES string of the molecule is NC(=S)c1c(Cl)cccc1OCc1ccc(Cl)cc1Cl. The molecule has 104 valence electrons. The van der Waals surface area contributed by atoms with Crippen LogP contribution >= 0.6 is 47.0 Å². The molecule has 2 nitrogen and oxygen atoms in total. The maximum absolute atomic E-state index is 6.09. The van der Waals surface area contributed by atoms with E-state index < -0.39 is 0 Å². The molecule has 0 aliphatic carbocycles. The molecule has 20 heavy (non-hydrogen) atoms. The van der Waals surface area contributed by atoms with Gasteiger partial charge in [0.05, 0.1) is 10.6 Å². The standard InChI is InChI=1S/C14H10Cl3NOS/c15-9-5-4-8(11(17)6-9)7-19-12-3-1-2-10(16)13(12)14(18)20/h1-6H,7H2,(H2,18,20). The Morgan fingerprint density at radius 1 is 1.10 bits per heavy atom. The fourth-order valence-corrected chi connectivity index (χ4v) is 2.66. The van der Waals surface area contributed by atoms with Crippen LogP contribution in [0.15, 0.2) is 36.4 Å². The number of hydrogen-bond acceptors (Lipinski definition) is 2. The number of halogens is 3. The van der Waals surface area contributed by atoms with E-state index in [1.54, 1.807) is 36.4 Å². The molecule has 0 saturated heterocycles. The molecule has 0 bridgehead atoms.